The second kappa shape index (κ2) is 4.97. The zero-order valence-electron chi connectivity index (χ0n) is 9.82. The van der Waals surface area contributed by atoms with E-state index in [9.17, 15) is 9.90 Å². The minimum absolute atomic E-state index is 0.210. The first-order valence-corrected chi connectivity index (χ1v) is 5.46. The van der Waals surface area contributed by atoms with E-state index in [1.54, 1.807) is 25.3 Å². The van der Waals surface area contributed by atoms with E-state index < -0.39 is 12.1 Å². The van der Waals surface area contributed by atoms with Crippen LogP contribution in [-0.4, -0.2) is 31.2 Å². The Morgan fingerprint density at radius 2 is 2.06 bits per heavy atom. The molecule has 0 bridgehead atoms. The number of hydrogen-bond acceptors (Lipinski definition) is 4. The van der Waals surface area contributed by atoms with Gasteiger partial charge in [-0.05, 0) is 12.5 Å². The Morgan fingerprint density at radius 3 is 2.61 bits per heavy atom. The number of carboxylic acids is 1. The summed E-state index contributed by atoms with van der Waals surface area (Å²) in [6.07, 6.45) is 1.06. The highest BCUT2D eigenvalue weighted by atomic mass is 16.4. The molecule has 0 aliphatic heterocycles. The predicted molar refractivity (Wildman–Crippen MR) is 63.7 cm³/mol. The van der Waals surface area contributed by atoms with E-state index in [-0.39, 0.29) is 6.54 Å². The van der Waals surface area contributed by atoms with Crippen molar-refractivity contribution in [1.82, 2.24) is 15.0 Å². The van der Waals surface area contributed by atoms with Crippen LogP contribution in [0.3, 0.4) is 0 Å². The van der Waals surface area contributed by atoms with E-state index in [1.165, 1.54) is 4.68 Å². The summed E-state index contributed by atoms with van der Waals surface area (Å²) >= 11 is 0. The lowest BCUT2D eigenvalue weighted by Gasteiger charge is -2.04. The molecule has 2 N–H and O–H groups in total. The maximum Gasteiger partial charge on any atom is 0.325 e. The smallest absolute Gasteiger partial charge is 0.325 e. The molecule has 0 amide bonds. The summed E-state index contributed by atoms with van der Waals surface area (Å²) < 4.78 is 1.26. The lowest BCUT2D eigenvalue weighted by molar-refractivity contribution is -0.137. The SMILES string of the molecule is C[C@@H](O)c1ccc(-c2cn(CC(=O)O)nn2)cc1. The molecule has 18 heavy (non-hydrogen) atoms. The first-order chi connectivity index (χ1) is 8.56. The van der Waals surface area contributed by atoms with Gasteiger partial charge in [-0.1, -0.05) is 29.5 Å². The van der Waals surface area contributed by atoms with Gasteiger partial charge in [-0.25, -0.2) is 4.68 Å². The van der Waals surface area contributed by atoms with Gasteiger partial charge in [0.05, 0.1) is 12.3 Å². The van der Waals surface area contributed by atoms with Crippen molar-refractivity contribution in [2.45, 2.75) is 19.6 Å². The maximum atomic E-state index is 10.5. The highest BCUT2D eigenvalue weighted by Gasteiger charge is 2.07. The summed E-state index contributed by atoms with van der Waals surface area (Å²) in [5, 5.41) is 25.6. The third-order valence-corrected chi connectivity index (χ3v) is 2.52. The fourth-order valence-electron chi connectivity index (χ4n) is 1.58. The average molecular weight is 247 g/mol. The summed E-state index contributed by atoms with van der Waals surface area (Å²) in [6, 6.07) is 7.24. The number of carboxylic acid groups (broad SMARTS) is 1. The Kier molecular flexibility index (Phi) is 3.38. The van der Waals surface area contributed by atoms with Crippen LogP contribution in [0.5, 0.6) is 0 Å². The van der Waals surface area contributed by atoms with Crippen LogP contribution < -0.4 is 0 Å². The second-order valence-corrected chi connectivity index (χ2v) is 3.99. The summed E-state index contributed by atoms with van der Waals surface area (Å²) in [6.45, 7) is 1.48. The Labute approximate surface area is 103 Å². The molecule has 1 aromatic carbocycles. The van der Waals surface area contributed by atoms with Crippen molar-refractivity contribution in [3.05, 3.63) is 36.0 Å². The van der Waals surface area contributed by atoms with Gasteiger partial charge in [0, 0.05) is 5.56 Å². The van der Waals surface area contributed by atoms with Crippen molar-refractivity contribution < 1.29 is 15.0 Å². The fraction of sp³-hybridized carbons (Fsp3) is 0.250. The molecule has 2 rings (SSSR count). The van der Waals surface area contributed by atoms with Gasteiger partial charge >= 0.3 is 5.97 Å². The van der Waals surface area contributed by atoms with E-state index in [0.29, 0.717) is 5.69 Å². The number of nitrogens with zero attached hydrogens (tertiary/aromatic N) is 3. The van der Waals surface area contributed by atoms with E-state index in [2.05, 4.69) is 10.3 Å². The number of benzene rings is 1. The van der Waals surface area contributed by atoms with Crippen molar-refractivity contribution in [1.29, 1.82) is 0 Å². The largest absolute Gasteiger partial charge is 0.480 e. The van der Waals surface area contributed by atoms with Crippen LogP contribution in [0.4, 0.5) is 0 Å². The van der Waals surface area contributed by atoms with Crippen molar-refractivity contribution in [2.24, 2.45) is 0 Å². The molecule has 94 valence electrons. The van der Waals surface area contributed by atoms with Crippen LogP contribution in [0.25, 0.3) is 11.3 Å². The Bertz CT molecular complexity index is 546. The second-order valence-electron chi connectivity index (χ2n) is 3.99. The Balaban J connectivity index is 2.20. The minimum atomic E-state index is -0.962. The van der Waals surface area contributed by atoms with E-state index in [1.807, 2.05) is 12.1 Å². The molecule has 0 unspecified atom stereocenters. The maximum absolute atomic E-state index is 10.5. The summed E-state index contributed by atoms with van der Waals surface area (Å²) in [5.41, 5.74) is 2.25. The molecule has 2 aromatic rings. The molecule has 1 aromatic heterocycles. The van der Waals surface area contributed by atoms with Crippen LogP contribution in [0.15, 0.2) is 30.5 Å². The molecule has 0 radical (unpaired) electrons. The van der Waals surface area contributed by atoms with Gasteiger partial charge in [-0.3, -0.25) is 4.79 Å². The van der Waals surface area contributed by atoms with E-state index in [4.69, 9.17) is 5.11 Å². The van der Waals surface area contributed by atoms with Gasteiger partial charge in [0.15, 0.2) is 0 Å². The minimum Gasteiger partial charge on any atom is -0.480 e. The van der Waals surface area contributed by atoms with Crippen LogP contribution in [0.2, 0.25) is 0 Å². The topological polar surface area (TPSA) is 88.2 Å². The number of aromatic nitrogens is 3. The van der Waals surface area contributed by atoms with E-state index >= 15 is 0 Å². The van der Waals surface area contributed by atoms with Gasteiger partial charge < -0.3 is 10.2 Å². The predicted octanol–water partition coefficient (Wildman–Crippen LogP) is 1.08. The van der Waals surface area contributed by atoms with Crippen LogP contribution >= 0.6 is 0 Å². The molecule has 0 aliphatic rings. The van der Waals surface area contributed by atoms with Crippen LogP contribution in [-0.2, 0) is 11.3 Å². The van der Waals surface area contributed by atoms with Crippen molar-refractivity contribution in [3.8, 4) is 11.3 Å². The summed E-state index contributed by atoms with van der Waals surface area (Å²) in [7, 11) is 0. The van der Waals surface area contributed by atoms with Gasteiger partial charge in [-0.15, -0.1) is 5.10 Å². The van der Waals surface area contributed by atoms with Crippen LogP contribution in [0, 0.1) is 0 Å². The highest BCUT2D eigenvalue weighted by molar-refractivity contribution is 5.66. The Morgan fingerprint density at radius 1 is 1.39 bits per heavy atom. The van der Waals surface area contributed by atoms with Gasteiger partial charge in [0.1, 0.15) is 12.2 Å². The third kappa shape index (κ3) is 2.72. The lowest BCUT2D eigenvalue weighted by Crippen LogP contribution is -2.08. The van der Waals surface area contributed by atoms with Gasteiger partial charge in [0.25, 0.3) is 0 Å². The molecular formula is C12H13N3O3. The van der Waals surface area contributed by atoms with Crippen molar-refractivity contribution >= 4 is 5.97 Å². The first-order valence-electron chi connectivity index (χ1n) is 5.46. The first kappa shape index (κ1) is 12.3. The molecule has 0 aliphatic carbocycles. The normalized spacial score (nSPS) is 12.3. The average Bonchev–Trinajstić information content (AvgIpc) is 2.76. The molecule has 0 spiro atoms. The summed E-state index contributed by atoms with van der Waals surface area (Å²) in [5.74, 6) is -0.962. The highest BCUT2D eigenvalue weighted by Crippen LogP contribution is 2.19. The molecule has 6 nitrogen and oxygen atoms in total. The number of hydrogen-bond donors (Lipinski definition) is 2. The fourth-order valence-corrected chi connectivity index (χ4v) is 1.58. The lowest BCUT2D eigenvalue weighted by atomic mass is 10.1. The molecule has 6 heteroatoms. The van der Waals surface area contributed by atoms with Crippen molar-refractivity contribution in [3.63, 3.8) is 0 Å². The number of rotatable bonds is 4. The number of aliphatic hydroxyl groups excluding tert-OH is 1. The molecule has 1 heterocycles. The monoisotopic (exact) mass is 247 g/mol. The molecule has 0 saturated carbocycles. The molecule has 0 fully saturated rings. The van der Waals surface area contributed by atoms with Crippen LogP contribution in [0.1, 0.15) is 18.6 Å². The number of aliphatic hydroxyl groups is 1. The standard InChI is InChI=1S/C12H13N3O3/c1-8(16)9-2-4-10(5-3-9)11-6-15(14-13-11)7-12(17)18/h2-6,8,16H,7H2,1H3,(H,17,18)/t8-/m1/s1. The molecule has 1 atom stereocenters. The van der Waals surface area contributed by atoms with Gasteiger partial charge in [-0.2, -0.15) is 0 Å². The summed E-state index contributed by atoms with van der Waals surface area (Å²) in [4.78, 5) is 10.5. The molecular weight excluding hydrogens is 234 g/mol. The zero-order chi connectivity index (χ0) is 13.1. The quantitative estimate of drug-likeness (QED) is 0.844. The van der Waals surface area contributed by atoms with Crippen molar-refractivity contribution in [2.75, 3.05) is 0 Å². The van der Waals surface area contributed by atoms with Gasteiger partial charge in [0.2, 0.25) is 0 Å². The number of carbonyl (C=O) groups is 1. The molecule has 0 saturated heterocycles. The Hall–Kier alpha value is -2.21. The number of aliphatic carboxylic acids is 1. The van der Waals surface area contributed by atoms with E-state index in [0.717, 1.165) is 11.1 Å². The zero-order valence-corrected chi connectivity index (χ0v) is 9.82. The third-order valence-electron chi connectivity index (χ3n) is 2.52.